The molecule has 0 aliphatic heterocycles. The summed E-state index contributed by atoms with van der Waals surface area (Å²) in [6, 6.07) is 8.76. The Morgan fingerprint density at radius 2 is 2.21 bits per heavy atom. The summed E-state index contributed by atoms with van der Waals surface area (Å²) in [7, 11) is 0. The average Bonchev–Trinajstić information content (AvgIpc) is 3.41. The molecule has 8 nitrogen and oxygen atoms in total. The Morgan fingerprint density at radius 3 is 2.83 bits per heavy atom. The molecule has 0 aliphatic rings. The summed E-state index contributed by atoms with van der Waals surface area (Å²) in [5, 5.41) is 9.27. The van der Waals surface area contributed by atoms with Gasteiger partial charge in [-0.25, -0.2) is 4.98 Å². The maximum atomic E-state index is 12.6. The van der Waals surface area contributed by atoms with Gasteiger partial charge in [0.2, 0.25) is 5.95 Å². The molecule has 4 aromatic rings. The summed E-state index contributed by atoms with van der Waals surface area (Å²) in [5.41, 5.74) is 1.66. The normalized spacial score (nSPS) is 11.0. The highest BCUT2D eigenvalue weighted by Gasteiger charge is 2.19. The van der Waals surface area contributed by atoms with Gasteiger partial charge in [0, 0.05) is 17.3 Å². The predicted molar refractivity (Wildman–Crippen MR) is 114 cm³/mol. The molecule has 0 saturated carbocycles. The lowest BCUT2D eigenvalue weighted by Crippen LogP contribution is -2.21. The number of rotatable bonds is 5. The summed E-state index contributed by atoms with van der Waals surface area (Å²) < 4.78 is 7.18. The third-order valence-electron chi connectivity index (χ3n) is 4.29. The van der Waals surface area contributed by atoms with Crippen LogP contribution in [-0.4, -0.2) is 25.7 Å². The third kappa shape index (κ3) is 3.81. The van der Waals surface area contributed by atoms with Crippen molar-refractivity contribution in [1.82, 2.24) is 19.7 Å². The molecule has 0 fully saturated rings. The second-order valence-corrected chi connectivity index (χ2v) is 7.90. The molecule has 4 heterocycles. The average molecular weight is 474 g/mol. The minimum Gasteiger partial charge on any atom is -0.444 e. The first kappa shape index (κ1) is 19.3. The molecule has 4 aromatic heterocycles. The van der Waals surface area contributed by atoms with Crippen LogP contribution in [0.4, 0.5) is 5.82 Å². The van der Waals surface area contributed by atoms with Gasteiger partial charge >= 0.3 is 0 Å². The van der Waals surface area contributed by atoms with Crippen LogP contribution >= 0.6 is 27.3 Å². The molecule has 0 atom stereocenters. The highest BCUT2D eigenvalue weighted by molar-refractivity contribution is 9.10. The second kappa shape index (κ2) is 7.80. The van der Waals surface area contributed by atoms with E-state index in [1.54, 1.807) is 25.1 Å². The van der Waals surface area contributed by atoms with Crippen LogP contribution in [0.3, 0.4) is 0 Å². The molecule has 148 valence electrons. The third-order valence-corrected chi connectivity index (χ3v) is 5.60. The summed E-state index contributed by atoms with van der Waals surface area (Å²) in [6.45, 7) is 3.68. The molecule has 0 aliphatic carbocycles. The maximum Gasteiger partial charge on any atom is 0.292 e. The quantitative estimate of drug-likeness (QED) is 0.452. The van der Waals surface area contributed by atoms with Crippen LogP contribution in [0.25, 0.3) is 16.5 Å². The Morgan fingerprint density at radius 1 is 1.38 bits per heavy atom. The van der Waals surface area contributed by atoms with Crippen molar-refractivity contribution in [1.29, 1.82) is 0 Å². The van der Waals surface area contributed by atoms with Crippen molar-refractivity contribution in [2.24, 2.45) is 0 Å². The fourth-order valence-corrected chi connectivity index (χ4v) is 3.89. The number of amides is 1. The van der Waals surface area contributed by atoms with Crippen LogP contribution in [0.5, 0.6) is 0 Å². The van der Waals surface area contributed by atoms with Crippen LogP contribution in [0.15, 0.2) is 49.6 Å². The van der Waals surface area contributed by atoms with E-state index in [2.05, 4.69) is 36.3 Å². The molecule has 0 aromatic carbocycles. The lowest BCUT2D eigenvalue weighted by molar-refractivity contribution is 0.0994. The van der Waals surface area contributed by atoms with Gasteiger partial charge in [0.15, 0.2) is 10.4 Å². The van der Waals surface area contributed by atoms with Gasteiger partial charge in [0.05, 0.1) is 4.88 Å². The summed E-state index contributed by atoms with van der Waals surface area (Å²) in [4.78, 5) is 33.2. The summed E-state index contributed by atoms with van der Waals surface area (Å²) in [5.74, 6) is 0.279. The molecule has 0 spiro atoms. The number of aromatic amines is 1. The first-order valence-electron chi connectivity index (χ1n) is 8.77. The van der Waals surface area contributed by atoms with Crippen molar-refractivity contribution in [3.63, 3.8) is 0 Å². The zero-order valence-electron chi connectivity index (χ0n) is 15.5. The highest BCUT2D eigenvalue weighted by atomic mass is 79.9. The van der Waals surface area contributed by atoms with Gasteiger partial charge in [0.1, 0.15) is 11.5 Å². The lowest BCUT2D eigenvalue weighted by atomic mass is 10.2. The lowest BCUT2D eigenvalue weighted by Gasteiger charge is -2.09. The van der Waals surface area contributed by atoms with Gasteiger partial charge in [-0.2, -0.15) is 9.78 Å². The van der Waals surface area contributed by atoms with Crippen LogP contribution in [0, 0.1) is 6.92 Å². The van der Waals surface area contributed by atoms with E-state index < -0.39 is 5.91 Å². The maximum absolute atomic E-state index is 12.6. The van der Waals surface area contributed by atoms with E-state index in [1.807, 2.05) is 24.4 Å². The van der Waals surface area contributed by atoms with Crippen molar-refractivity contribution in [3.8, 4) is 16.5 Å². The molecular formula is C19H16BrN5O3S. The number of nitrogens with zero attached hydrogens (tertiary/aromatic N) is 3. The first-order chi connectivity index (χ1) is 14.0. The fourth-order valence-electron chi connectivity index (χ4n) is 2.90. The Balaban J connectivity index is 1.80. The molecule has 0 radical (unpaired) electrons. The standard InChI is InChI=1S/C19H16BrN5O3S/c1-3-11-10(2)21-19(23-17(11)26)25-16(9-12(24-25)14-5-4-8-29-14)22-18(27)13-6-7-15(20)28-13/h4-9H,3H2,1-2H3,(H,22,27)(H,21,23,26). The van der Waals surface area contributed by atoms with Crippen molar-refractivity contribution < 1.29 is 9.21 Å². The molecule has 0 bridgehead atoms. The monoisotopic (exact) mass is 473 g/mol. The molecule has 1 amide bonds. The topological polar surface area (TPSA) is 106 Å². The van der Waals surface area contributed by atoms with E-state index in [0.29, 0.717) is 33.9 Å². The largest absolute Gasteiger partial charge is 0.444 e. The number of aromatic nitrogens is 4. The summed E-state index contributed by atoms with van der Waals surface area (Å²) in [6.07, 6.45) is 0.574. The Bertz CT molecular complexity index is 1240. The minimum absolute atomic E-state index is 0.140. The number of H-pyrrole nitrogens is 1. The van der Waals surface area contributed by atoms with E-state index in [0.717, 1.165) is 4.88 Å². The zero-order valence-corrected chi connectivity index (χ0v) is 17.9. The number of hydrogen-bond acceptors (Lipinski definition) is 6. The Labute approximate surface area is 177 Å². The Kier molecular flexibility index (Phi) is 5.20. The molecule has 10 heteroatoms. The number of nitrogens with one attached hydrogen (secondary N) is 2. The van der Waals surface area contributed by atoms with Crippen molar-refractivity contribution in [2.45, 2.75) is 20.3 Å². The molecule has 0 unspecified atom stereocenters. The van der Waals surface area contributed by atoms with Gasteiger partial charge in [-0.1, -0.05) is 13.0 Å². The second-order valence-electron chi connectivity index (χ2n) is 6.17. The van der Waals surface area contributed by atoms with E-state index in [1.165, 1.54) is 16.0 Å². The molecule has 4 rings (SSSR count). The zero-order chi connectivity index (χ0) is 20.5. The van der Waals surface area contributed by atoms with Crippen LogP contribution < -0.4 is 10.9 Å². The van der Waals surface area contributed by atoms with Crippen LogP contribution in [0.1, 0.15) is 28.7 Å². The van der Waals surface area contributed by atoms with Gasteiger partial charge in [-0.05, 0) is 52.9 Å². The first-order valence-corrected chi connectivity index (χ1v) is 10.4. The SMILES string of the molecule is CCc1c(C)nc(-n2nc(-c3cccs3)cc2NC(=O)c2ccc(Br)o2)[nH]c1=O. The van der Waals surface area contributed by atoms with E-state index in [4.69, 9.17) is 4.42 Å². The predicted octanol–water partition coefficient (Wildman–Crippen LogP) is 4.16. The molecular weight excluding hydrogens is 458 g/mol. The number of aryl methyl sites for hydroxylation is 1. The van der Waals surface area contributed by atoms with Crippen molar-refractivity contribution in [2.75, 3.05) is 5.32 Å². The smallest absolute Gasteiger partial charge is 0.292 e. The van der Waals surface area contributed by atoms with Crippen molar-refractivity contribution >= 4 is 39.0 Å². The number of furan rings is 1. The van der Waals surface area contributed by atoms with Gasteiger partial charge in [0.25, 0.3) is 11.5 Å². The number of carbonyl (C=O) groups excluding carboxylic acids is 1. The minimum atomic E-state index is -0.446. The van der Waals surface area contributed by atoms with Crippen LogP contribution in [-0.2, 0) is 6.42 Å². The molecule has 2 N–H and O–H groups in total. The van der Waals surface area contributed by atoms with E-state index in [-0.39, 0.29) is 17.3 Å². The van der Waals surface area contributed by atoms with E-state index in [9.17, 15) is 9.59 Å². The summed E-state index contributed by atoms with van der Waals surface area (Å²) >= 11 is 4.70. The molecule has 0 saturated heterocycles. The number of hydrogen-bond donors (Lipinski definition) is 2. The van der Waals surface area contributed by atoms with E-state index >= 15 is 0 Å². The molecule has 29 heavy (non-hydrogen) atoms. The highest BCUT2D eigenvalue weighted by Crippen LogP contribution is 2.28. The number of anilines is 1. The number of halogens is 1. The fraction of sp³-hybridized carbons (Fsp3) is 0.158. The Hall–Kier alpha value is -2.98. The van der Waals surface area contributed by atoms with Crippen molar-refractivity contribution in [3.05, 3.63) is 67.8 Å². The van der Waals surface area contributed by atoms with Crippen LogP contribution in [0.2, 0.25) is 0 Å². The van der Waals surface area contributed by atoms with Gasteiger partial charge in [-0.3, -0.25) is 14.6 Å². The number of thiophene rings is 1. The number of carbonyl (C=O) groups is 1. The van der Waals surface area contributed by atoms with Gasteiger partial charge < -0.3 is 9.73 Å². The van der Waals surface area contributed by atoms with Gasteiger partial charge in [-0.15, -0.1) is 11.3 Å².